The molecule has 0 aliphatic rings. The molecule has 106 valence electrons. The molecule has 0 radical (unpaired) electrons. The van der Waals surface area contributed by atoms with Crippen molar-refractivity contribution in [3.8, 4) is 0 Å². The van der Waals surface area contributed by atoms with E-state index in [1.165, 1.54) is 0 Å². The summed E-state index contributed by atoms with van der Waals surface area (Å²) < 4.78 is 0. The molecule has 1 atom stereocenters. The van der Waals surface area contributed by atoms with Crippen molar-refractivity contribution in [2.24, 2.45) is 0 Å². The molecule has 0 aromatic heterocycles. The van der Waals surface area contributed by atoms with Crippen molar-refractivity contribution in [2.45, 2.75) is 39.3 Å². The Hall–Kier alpha value is -1.71. The molecule has 0 saturated carbocycles. The van der Waals surface area contributed by atoms with Crippen LogP contribution in [-0.2, 0) is 4.79 Å². The Kier molecular flexibility index (Phi) is 4.81. The van der Waals surface area contributed by atoms with E-state index < -0.39 is 0 Å². The molecule has 0 saturated heterocycles. The summed E-state index contributed by atoms with van der Waals surface area (Å²) in [5.41, 5.74) is 1.84. The molecule has 0 bridgehead atoms. The van der Waals surface area contributed by atoms with Gasteiger partial charge in [-0.2, -0.15) is 0 Å². The van der Waals surface area contributed by atoms with Gasteiger partial charge in [0.15, 0.2) is 0 Å². The van der Waals surface area contributed by atoms with E-state index in [2.05, 4.69) is 10.6 Å². The Morgan fingerprint density at radius 3 is 2.42 bits per heavy atom. The number of nitrogens with one attached hydrogen (secondary N) is 2. The largest absolute Gasteiger partial charge is 0.378 e. The standard InChI is InChI=1S/C15H25N3O/c1-11(14(19)17-15(2,3)4)16-12-8-7-9-13(10-12)18(5)6/h7-11,16H,1-6H3,(H,17,19). The van der Waals surface area contributed by atoms with Crippen LogP contribution in [0.25, 0.3) is 0 Å². The zero-order valence-electron chi connectivity index (χ0n) is 12.7. The molecule has 0 fully saturated rings. The van der Waals surface area contributed by atoms with Crippen LogP contribution in [-0.4, -0.2) is 31.6 Å². The molecule has 1 unspecified atom stereocenters. The van der Waals surface area contributed by atoms with E-state index in [-0.39, 0.29) is 17.5 Å². The third-order valence-electron chi connectivity index (χ3n) is 2.64. The first-order valence-electron chi connectivity index (χ1n) is 6.55. The van der Waals surface area contributed by atoms with Crippen molar-refractivity contribution in [3.05, 3.63) is 24.3 Å². The lowest BCUT2D eigenvalue weighted by molar-refractivity contribution is -0.122. The van der Waals surface area contributed by atoms with E-state index >= 15 is 0 Å². The van der Waals surface area contributed by atoms with Crippen molar-refractivity contribution in [2.75, 3.05) is 24.3 Å². The average Bonchev–Trinajstić information content (AvgIpc) is 2.27. The SMILES string of the molecule is CC(Nc1cccc(N(C)C)c1)C(=O)NC(C)(C)C. The van der Waals surface area contributed by atoms with E-state index in [0.29, 0.717) is 0 Å². The minimum absolute atomic E-state index is 0.00255. The Labute approximate surface area is 116 Å². The van der Waals surface area contributed by atoms with Gasteiger partial charge in [0.05, 0.1) is 0 Å². The predicted molar refractivity (Wildman–Crippen MR) is 81.7 cm³/mol. The topological polar surface area (TPSA) is 44.4 Å². The Bertz CT molecular complexity index is 435. The third-order valence-corrected chi connectivity index (χ3v) is 2.64. The van der Waals surface area contributed by atoms with Gasteiger partial charge >= 0.3 is 0 Å². The van der Waals surface area contributed by atoms with Crippen LogP contribution < -0.4 is 15.5 Å². The first kappa shape index (κ1) is 15.3. The van der Waals surface area contributed by atoms with Crippen molar-refractivity contribution in [1.82, 2.24) is 5.32 Å². The molecule has 4 nitrogen and oxygen atoms in total. The van der Waals surface area contributed by atoms with Gasteiger partial charge in [-0.05, 0) is 45.9 Å². The van der Waals surface area contributed by atoms with Gasteiger partial charge in [-0.1, -0.05) is 6.07 Å². The summed E-state index contributed by atoms with van der Waals surface area (Å²) >= 11 is 0. The molecule has 0 aliphatic heterocycles. The summed E-state index contributed by atoms with van der Waals surface area (Å²) in [5, 5.41) is 6.19. The molecule has 1 aromatic rings. The summed E-state index contributed by atoms with van der Waals surface area (Å²) in [6.07, 6.45) is 0. The summed E-state index contributed by atoms with van der Waals surface area (Å²) in [6.45, 7) is 7.79. The van der Waals surface area contributed by atoms with Crippen molar-refractivity contribution >= 4 is 17.3 Å². The number of rotatable bonds is 4. The van der Waals surface area contributed by atoms with Gasteiger partial charge in [0.1, 0.15) is 6.04 Å². The van der Waals surface area contributed by atoms with Gasteiger partial charge in [-0.3, -0.25) is 4.79 Å². The number of benzene rings is 1. The summed E-state index contributed by atoms with van der Waals surface area (Å²) in [6, 6.07) is 7.74. The summed E-state index contributed by atoms with van der Waals surface area (Å²) in [5.74, 6) is 0.00255. The molecule has 2 N–H and O–H groups in total. The van der Waals surface area contributed by atoms with Crippen LogP contribution >= 0.6 is 0 Å². The lowest BCUT2D eigenvalue weighted by Crippen LogP contribution is -2.47. The number of carbonyl (C=O) groups excluding carboxylic acids is 1. The number of hydrogen-bond donors (Lipinski definition) is 2. The fourth-order valence-corrected chi connectivity index (χ4v) is 1.67. The molecule has 1 amide bonds. The normalized spacial score (nSPS) is 12.7. The van der Waals surface area contributed by atoms with Crippen LogP contribution in [0.3, 0.4) is 0 Å². The van der Waals surface area contributed by atoms with E-state index in [4.69, 9.17) is 0 Å². The molecular formula is C15H25N3O. The lowest BCUT2D eigenvalue weighted by atomic mass is 10.1. The average molecular weight is 263 g/mol. The zero-order valence-corrected chi connectivity index (χ0v) is 12.7. The molecule has 1 rings (SSSR count). The van der Waals surface area contributed by atoms with Crippen molar-refractivity contribution in [1.29, 1.82) is 0 Å². The van der Waals surface area contributed by atoms with Crippen LogP contribution in [0.2, 0.25) is 0 Å². The van der Waals surface area contributed by atoms with Crippen molar-refractivity contribution in [3.63, 3.8) is 0 Å². The van der Waals surface area contributed by atoms with Crippen LogP contribution in [0.1, 0.15) is 27.7 Å². The highest BCUT2D eigenvalue weighted by atomic mass is 16.2. The van der Waals surface area contributed by atoms with Crippen LogP contribution in [0, 0.1) is 0 Å². The predicted octanol–water partition coefficient (Wildman–Crippen LogP) is 2.47. The monoisotopic (exact) mass is 263 g/mol. The Morgan fingerprint density at radius 1 is 1.26 bits per heavy atom. The number of amides is 1. The minimum atomic E-state index is -0.267. The molecule has 0 spiro atoms. The van der Waals surface area contributed by atoms with Gasteiger partial charge < -0.3 is 15.5 Å². The first-order chi connectivity index (χ1) is 8.69. The van der Waals surface area contributed by atoms with E-state index in [1.54, 1.807) is 0 Å². The highest BCUT2D eigenvalue weighted by Crippen LogP contribution is 2.18. The van der Waals surface area contributed by atoms with Gasteiger partial charge in [0.2, 0.25) is 5.91 Å². The van der Waals surface area contributed by atoms with E-state index in [9.17, 15) is 4.79 Å². The summed E-state index contributed by atoms with van der Waals surface area (Å²) in [4.78, 5) is 14.0. The second kappa shape index (κ2) is 5.95. The van der Waals surface area contributed by atoms with E-state index in [0.717, 1.165) is 11.4 Å². The second-order valence-corrected chi connectivity index (χ2v) is 6.05. The smallest absolute Gasteiger partial charge is 0.242 e. The quantitative estimate of drug-likeness (QED) is 0.877. The Balaban J connectivity index is 2.69. The van der Waals surface area contributed by atoms with Gasteiger partial charge in [0.25, 0.3) is 0 Å². The first-order valence-corrected chi connectivity index (χ1v) is 6.55. The maximum Gasteiger partial charge on any atom is 0.242 e. The second-order valence-electron chi connectivity index (χ2n) is 6.05. The third kappa shape index (κ3) is 5.20. The number of anilines is 2. The maximum atomic E-state index is 12.0. The minimum Gasteiger partial charge on any atom is -0.378 e. The molecular weight excluding hydrogens is 238 g/mol. The summed E-state index contributed by atoms with van der Waals surface area (Å²) in [7, 11) is 3.99. The highest BCUT2D eigenvalue weighted by molar-refractivity contribution is 5.84. The fraction of sp³-hybridized carbons (Fsp3) is 0.533. The zero-order chi connectivity index (χ0) is 14.6. The molecule has 19 heavy (non-hydrogen) atoms. The number of carbonyl (C=O) groups is 1. The van der Waals surface area contributed by atoms with Crippen LogP contribution in [0.15, 0.2) is 24.3 Å². The molecule has 4 heteroatoms. The number of hydrogen-bond acceptors (Lipinski definition) is 3. The Morgan fingerprint density at radius 2 is 1.89 bits per heavy atom. The van der Waals surface area contributed by atoms with E-state index in [1.807, 2.05) is 71.0 Å². The van der Waals surface area contributed by atoms with Crippen LogP contribution in [0.4, 0.5) is 11.4 Å². The van der Waals surface area contributed by atoms with Gasteiger partial charge in [-0.15, -0.1) is 0 Å². The highest BCUT2D eigenvalue weighted by Gasteiger charge is 2.19. The fourth-order valence-electron chi connectivity index (χ4n) is 1.67. The molecule has 0 heterocycles. The van der Waals surface area contributed by atoms with Gasteiger partial charge in [0, 0.05) is 31.0 Å². The van der Waals surface area contributed by atoms with Crippen molar-refractivity contribution < 1.29 is 4.79 Å². The molecule has 0 aliphatic carbocycles. The molecule has 1 aromatic carbocycles. The van der Waals surface area contributed by atoms with Crippen LogP contribution in [0.5, 0.6) is 0 Å². The number of nitrogens with zero attached hydrogens (tertiary/aromatic N) is 1. The lowest BCUT2D eigenvalue weighted by Gasteiger charge is -2.24. The van der Waals surface area contributed by atoms with Gasteiger partial charge in [-0.25, -0.2) is 0 Å². The maximum absolute atomic E-state index is 12.0.